The molecule has 1 N–H and O–H groups in total. The molecule has 0 spiro atoms. The number of carbonyl (C=O) groups is 1. The van der Waals surface area contributed by atoms with Crippen LogP contribution >= 0.6 is 11.6 Å². The van der Waals surface area contributed by atoms with Crippen LogP contribution in [0.1, 0.15) is 19.4 Å². The Hall–Kier alpha value is -1.13. The van der Waals surface area contributed by atoms with E-state index in [4.69, 9.17) is 16.3 Å². The molecule has 0 aromatic heterocycles. The average molecular weight is 274 g/mol. The molecule has 1 rings (SSSR count). The van der Waals surface area contributed by atoms with E-state index in [0.717, 1.165) is 0 Å². The van der Waals surface area contributed by atoms with Crippen LogP contribution < -0.4 is 5.32 Å². The minimum atomic E-state index is -0.419. The zero-order valence-electron chi connectivity index (χ0n) is 10.7. The Kier molecular flexibility index (Phi) is 5.56. The van der Waals surface area contributed by atoms with E-state index < -0.39 is 11.9 Å². The SMILES string of the molecule is COC(=O)C(NCc1cc(F)cc(Cl)c1)C(C)C. The number of methoxy groups -OCH3 is 1. The zero-order valence-corrected chi connectivity index (χ0v) is 11.4. The van der Waals surface area contributed by atoms with Gasteiger partial charge in [0.25, 0.3) is 0 Å². The third kappa shape index (κ3) is 4.27. The molecule has 1 aromatic carbocycles. The molecule has 0 aliphatic carbocycles. The summed E-state index contributed by atoms with van der Waals surface area (Å²) in [5, 5.41) is 3.38. The van der Waals surface area contributed by atoms with Crippen molar-refractivity contribution in [3.05, 3.63) is 34.6 Å². The molecule has 5 heteroatoms. The van der Waals surface area contributed by atoms with Gasteiger partial charge in [-0.05, 0) is 29.7 Å². The van der Waals surface area contributed by atoms with Crippen LogP contribution in [0.3, 0.4) is 0 Å². The number of hydrogen-bond acceptors (Lipinski definition) is 3. The summed E-state index contributed by atoms with van der Waals surface area (Å²) < 4.78 is 17.8. The highest BCUT2D eigenvalue weighted by Gasteiger charge is 2.22. The summed E-state index contributed by atoms with van der Waals surface area (Å²) in [4.78, 5) is 11.5. The zero-order chi connectivity index (χ0) is 13.7. The van der Waals surface area contributed by atoms with Gasteiger partial charge in [-0.25, -0.2) is 4.39 Å². The normalized spacial score (nSPS) is 12.6. The summed E-state index contributed by atoms with van der Waals surface area (Å²) in [7, 11) is 1.35. The van der Waals surface area contributed by atoms with Gasteiger partial charge in [-0.1, -0.05) is 25.4 Å². The fourth-order valence-electron chi connectivity index (χ4n) is 1.66. The molecule has 18 heavy (non-hydrogen) atoms. The molecule has 0 radical (unpaired) electrons. The lowest BCUT2D eigenvalue weighted by molar-refractivity contribution is -0.144. The first kappa shape index (κ1) is 14.9. The molecule has 0 saturated carbocycles. The summed E-state index contributed by atoms with van der Waals surface area (Å²) in [6.45, 7) is 4.18. The lowest BCUT2D eigenvalue weighted by Gasteiger charge is -2.19. The third-order valence-corrected chi connectivity index (χ3v) is 2.79. The second-order valence-corrected chi connectivity index (χ2v) is 4.84. The van der Waals surface area contributed by atoms with Crippen molar-refractivity contribution in [1.82, 2.24) is 5.32 Å². The summed E-state index contributed by atoms with van der Waals surface area (Å²) in [6, 6.07) is 3.86. The third-order valence-electron chi connectivity index (χ3n) is 2.57. The number of ether oxygens (including phenoxy) is 1. The number of esters is 1. The van der Waals surface area contributed by atoms with E-state index in [0.29, 0.717) is 17.1 Å². The summed E-state index contributed by atoms with van der Waals surface area (Å²) in [6.07, 6.45) is 0. The molecule has 100 valence electrons. The van der Waals surface area contributed by atoms with Gasteiger partial charge in [-0.2, -0.15) is 0 Å². The Morgan fingerprint density at radius 2 is 2.11 bits per heavy atom. The van der Waals surface area contributed by atoms with Crippen molar-refractivity contribution < 1.29 is 13.9 Å². The van der Waals surface area contributed by atoms with E-state index in [1.807, 2.05) is 13.8 Å². The Morgan fingerprint density at radius 3 is 2.61 bits per heavy atom. The Morgan fingerprint density at radius 1 is 1.44 bits per heavy atom. The number of benzene rings is 1. The van der Waals surface area contributed by atoms with Crippen molar-refractivity contribution in [1.29, 1.82) is 0 Å². The van der Waals surface area contributed by atoms with Crippen LogP contribution in [0.25, 0.3) is 0 Å². The van der Waals surface area contributed by atoms with Gasteiger partial charge >= 0.3 is 5.97 Å². The topological polar surface area (TPSA) is 38.3 Å². The van der Waals surface area contributed by atoms with Crippen molar-refractivity contribution in [2.75, 3.05) is 7.11 Å². The van der Waals surface area contributed by atoms with E-state index in [2.05, 4.69) is 5.32 Å². The van der Waals surface area contributed by atoms with E-state index in [9.17, 15) is 9.18 Å². The van der Waals surface area contributed by atoms with Crippen molar-refractivity contribution in [3.63, 3.8) is 0 Å². The Balaban J connectivity index is 2.69. The highest BCUT2D eigenvalue weighted by Crippen LogP contribution is 2.14. The van der Waals surface area contributed by atoms with Crippen molar-refractivity contribution in [2.45, 2.75) is 26.4 Å². The van der Waals surface area contributed by atoms with E-state index >= 15 is 0 Å². The van der Waals surface area contributed by atoms with Gasteiger partial charge in [-0.3, -0.25) is 4.79 Å². The van der Waals surface area contributed by atoms with Gasteiger partial charge in [0.05, 0.1) is 7.11 Å². The van der Waals surface area contributed by atoms with E-state index in [-0.39, 0.29) is 11.9 Å². The number of rotatable bonds is 5. The first-order valence-electron chi connectivity index (χ1n) is 5.70. The summed E-state index contributed by atoms with van der Waals surface area (Å²) in [5.41, 5.74) is 0.689. The van der Waals surface area contributed by atoms with E-state index in [1.165, 1.54) is 19.2 Å². The maximum absolute atomic E-state index is 13.1. The standard InChI is InChI=1S/C13H17ClFNO2/c1-8(2)12(13(17)18-3)16-7-9-4-10(14)6-11(15)5-9/h4-6,8,12,16H,7H2,1-3H3. The molecule has 0 fully saturated rings. The fourth-order valence-corrected chi connectivity index (χ4v) is 1.90. The predicted molar refractivity (Wildman–Crippen MR) is 68.9 cm³/mol. The van der Waals surface area contributed by atoms with Crippen LogP contribution in [0, 0.1) is 11.7 Å². The fraction of sp³-hybridized carbons (Fsp3) is 0.462. The molecule has 1 atom stereocenters. The Labute approximate surface area is 111 Å². The van der Waals surface area contributed by atoms with Crippen LogP contribution in [0.4, 0.5) is 4.39 Å². The second kappa shape index (κ2) is 6.71. The molecular formula is C13H17ClFNO2. The molecule has 1 unspecified atom stereocenters. The van der Waals surface area contributed by atoms with Gasteiger partial charge in [0, 0.05) is 11.6 Å². The smallest absolute Gasteiger partial charge is 0.323 e. The van der Waals surface area contributed by atoms with Gasteiger partial charge < -0.3 is 10.1 Å². The molecule has 0 heterocycles. The van der Waals surface area contributed by atoms with Gasteiger partial charge in [0.15, 0.2) is 0 Å². The quantitative estimate of drug-likeness (QED) is 0.839. The van der Waals surface area contributed by atoms with Gasteiger partial charge in [-0.15, -0.1) is 0 Å². The number of hydrogen-bond donors (Lipinski definition) is 1. The molecule has 0 bridgehead atoms. The first-order valence-corrected chi connectivity index (χ1v) is 6.08. The number of halogens is 2. The van der Waals surface area contributed by atoms with Gasteiger partial charge in [0.1, 0.15) is 11.9 Å². The summed E-state index contributed by atoms with van der Waals surface area (Å²) >= 11 is 5.76. The van der Waals surface area contributed by atoms with Crippen LogP contribution in [0.2, 0.25) is 5.02 Å². The van der Waals surface area contributed by atoms with Crippen LogP contribution in [-0.2, 0) is 16.1 Å². The molecule has 1 aromatic rings. The minimum Gasteiger partial charge on any atom is -0.468 e. The monoisotopic (exact) mass is 273 g/mol. The largest absolute Gasteiger partial charge is 0.468 e. The number of nitrogens with one attached hydrogen (secondary N) is 1. The number of carbonyl (C=O) groups excluding carboxylic acids is 1. The molecule has 0 aliphatic rings. The Bertz CT molecular complexity index is 403. The van der Waals surface area contributed by atoms with Crippen molar-refractivity contribution in [2.24, 2.45) is 5.92 Å². The maximum atomic E-state index is 13.1. The van der Waals surface area contributed by atoms with Crippen LogP contribution in [0.5, 0.6) is 0 Å². The lowest BCUT2D eigenvalue weighted by Crippen LogP contribution is -2.41. The van der Waals surface area contributed by atoms with Crippen LogP contribution in [0.15, 0.2) is 18.2 Å². The van der Waals surface area contributed by atoms with Gasteiger partial charge in [0.2, 0.25) is 0 Å². The maximum Gasteiger partial charge on any atom is 0.323 e. The molecular weight excluding hydrogens is 257 g/mol. The first-order chi connectivity index (χ1) is 8.43. The highest BCUT2D eigenvalue weighted by atomic mass is 35.5. The molecule has 0 saturated heterocycles. The second-order valence-electron chi connectivity index (χ2n) is 4.40. The molecule has 0 aliphatic heterocycles. The lowest BCUT2D eigenvalue weighted by atomic mass is 10.0. The molecule has 0 amide bonds. The predicted octanol–water partition coefficient (Wildman–Crippen LogP) is 2.77. The van der Waals surface area contributed by atoms with Crippen molar-refractivity contribution in [3.8, 4) is 0 Å². The summed E-state index contributed by atoms with van der Waals surface area (Å²) in [5.74, 6) is -0.632. The van der Waals surface area contributed by atoms with E-state index in [1.54, 1.807) is 6.07 Å². The average Bonchev–Trinajstić information content (AvgIpc) is 2.27. The molecule has 3 nitrogen and oxygen atoms in total. The van der Waals surface area contributed by atoms with Crippen LogP contribution in [-0.4, -0.2) is 19.1 Å². The minimum absolute atomic E-state index is 0.0847. The van der Waals surface area contributed by atoms with Crippen molar-refractivity contribution >= 4 is 17.6 Å². The highest BCUT2D eigenvalue weighted by molar-refractivity contribution is 6.30.